The summed E-state index contributed by atoms with van der Waals surface area (Å²) in [5.74, 6) is 1.04. The Labute approximate surface area is 162 Å². The van der Waals surface area contributed by atoms with Crippen LogP contribution in [-0.4, -0.2) is 32.7 Å². The van der Waals surface area contributed by atoms with Gasteiger partial charge in [0.1, 0.15) is 5.82 Å². The number of rotatable bonds is 10. The molecule has 0 bridgehead atoms. The van der Waals surface area contributed by atoms with E-state index in [0.717, 1.165) is 49.2 Å². The number of anilines is 2. The first-order chi connectivity index (χ1) is 13.0. The molecule has 2 aromatic heterocycles. The van der Waals surface area contributed by atoms with E-state index < -0.39 is 0 Å². The Balaban J connectivity index is 2.16. The summed E-state index contributed by atoms with van der Waals surface area (Å²) in [7, 11) is 0. The van der Waals surface area contributed by atoms with E-state index in [4.69, 9.17) is 5.73 Å². The van der Waals surface area contributed by atoms with Crippen LogP contribution in [0.15, 0.2) is 12.4 Å². The highest BCUT2D eigenvalue weighted by molar-refractivity contribution is 5.47. The molecule has 0 aromatic carbocycles. The smallest absolute Gasteiger partial charge is 0.221 e. The molecule has 0 fully saturated rings. The van der Waals surface area contributed by atoms with Gasteiger partial charge in [-0.2, -0.15) is 4.98 Å². The lowest BCUT2D eigenvalue weighted by atomic mass is 10.0. The number of aliphatic hydroxyl groups is 1. The van der Waals surface area contributed by atoms with Gasteiger partial charge in [-0.05, 0) is 63.1 Å². The highest BCUT2D eigenvalue weighted by Crippen LogP contribution is 2.21. The van der Waals surface area contributed by atoms with Crippen molar-refractivity contribution in [3.8, 4) is 0 Å². The number of hydrogen-bond acceptors (Lipinski definition) is 6. The lowest BCUT2D eigenvalue weighted by Gasteiger charge is -2.20. The Kier molecular flexibility index (Phi) is 7.98. The van der Waals surface area contributed by atoms with E-state index in [-0.39, 0.29) is 18.6 Å². The van der Waals surface area contributed by atoms with Gasteiger partial charge < -0.3 is 16.2 Å². The maximum Gasteiger partial charge on any atom is 0.221 e. The lowest BCUT2D eigenvalue weighted by molar-refractivity contribution is 0.276. The first-order valence-electron chi connectivity index (χ1n) is 9.86. The molecule has 0 aliphatic carbocycles. The molecule has 0 saturated heterocycles. The molecule has 6 heteroatoms. The van der Waals surface area contributed by atoms with Crippen LogP contribution in [0.3, 0.4) is 0 Å². The van der Waals surface area contributed by atoms with Crippen LogP contribution in [0.5, 0.6) is 0 Å². The normalized spacial score (nSPS) is 12.2. The minimum absolute atomic E-state index is 0.156. The second-order valence-corrected chi connectivity index (χ2v) is 7.24. The number of nitrogens with one attached hydrogen (secondary N) is 1. The average Bonchev–Trinajstić information content (AvgIpc) is 2.65. The number of aromatic nitrogens is 3. The summed E-state index contributed by atoms with van der Waals surface area (Å²) in [5.41, 5.74) is 11.7. The van der Waals surface area contributed by atoms with E-state index in [2.05, 4.69) is 48.0 Å². The predicted molar refractivity (Wildman–Crippen MR) is 111 cm³/mol. The van der Waals surface area contributed by atoms with Crippen molar-refractivity contribution in [3.05, 3.63) is 40.3 Å². The van der Waals surface area contributed by atoms with Crippen LogP contribution in [0.4, 0.5) is 11.8 Å². The Morgan fingerprint density at radius 1 is 1.07 bits per heavy atom. The molecule has 0 unspecified atom stereocenters. The molecule has 6 nitrogen and oxygen atoms in total. The zero-order valence-electron chi connectivity index (χ0n) is 17.0. The molecule has 2 heterocycles. The van der Waals surface area contributed by atoms with Crippen LogP contribution in [0.1, 0.15) is 60.6 Å². The van der Waals surface area contributed by atoms with E-state index in [1.165, 1.54) is 16.7 Å². The second-order valence-electron chi connectivity index (χ2n) is 7.24. The molecular formula is C21H33N5O. The van der Waals surface area contributed by atoms with Gasteiger partial charge >= 0.3 is 0 Å². The number of pyridine rings is 1. The molecule has 0 spiro atoms. The summed E-state index contributed by atoms with van der Waals surface area (Å²) in [6, 6.07) is 0.185. The average molecular weight is 372 g/mol. The van der Waals surface area contributed by atoms with Crippen molar-refractivity contribution in [2.45, 2.75) is 72.3 Å². The van der Waals surface area contributed by atoms with Gasteiger partial charge in [0.2, 0.25) is 5.95 Å². The molecule has 2 aromatic rings. The van der Waals surface area contributed by atoms with Gasteiger partial charge in [-0.3, -0.25) is 4.98 Å². The summed E-state index contributed by atoms with van der Waals surface area (Å²) in [6.45, 7) is 8.69. The summed E-state index contributed by atoms with van der Waals surface area (Å²) in [6.07, 6.45) is 9.29. The summed E-state index contributed by atoms with van der Waals surface area (Å²) in [4.78, 5) is 13.2. The van der Waals surface area contributed by atoms with Crippen molar-refractivity contribution >= 4 is 11.8 Å². The van der Waals surface area contributed by atoms with Crippen LogP contribution in [0.2, 0.25) is 0 Å². The number of nitrogens with two attached hydrogens (primary N) is 1. The molecule has 27 heavy (non-hydrogen) atoms. The van der Waals surface area contributed by atoms with E-state index in [1.54, 1.807) is 6.20 Å². The van der Waals surface area contributed by atoms with Gasteiger partial charge in [0.15, 0.2) is 0 Å². The fourth-order valence-electron chi connectivity index (χ4n) is 3.20. The minimum atomic E-state index is 0.156. The molecule has 0 radical (unpaired) electrons. The third kappa shape index (κ3) is 5.89. The summed E-state index contributed by atoms with van der Waals surface area (Å²) >= 11 is 0. The van der Waals surface area contributed by atoms with E-state index in [0.29, 0.717) is 6.42 Å². The molecule has 0 amide bonds. The van der Waals surface area contributed by atoms with Crippen molar-refractivity contribution < 1.29 is 5.11 Å². The molecule has 2 rings (SSSR count). The highest BCUT2D eigenvalue weighted by Gasteiger charge is 2.14. The quantitative estimate of drug-likeness (QED) is 0.591. The minimum Gasteiger partial charge on any atom is -0.396 e. The van der Waals surface area contributed by atoms with Gasteiger partial charge in [-0.15, -0.1) is 0 Å². The largest absolute Gasteiger partial charge is 0.396 e. The number of hydrogen-bond donors (Lipinski definition) is 3. The van der Waals surface area contributed by atoms with Crippen LogP contribution in [0.25, 0.3) is 0 Å². The number of unbranched alkanes of at least 4 members (excludes halogenated alkanes) is 1. The van der Waals surface area contributed by atoms with Crippen molar-refractivity contribution in [2.24, 2.45) is 0 Å². The number of nitrogens with zero attached hydrogens (tertiary/aromatic N) is 3. The lowest BCUT2D eigenvalue weighted by Crippen LogP contribution is -2.23. The van der Waals surface area contributed by atoms with E-state index in [9.17, 15) is 5.11 Å². The van der Waals surface area contributed by atoms with Crippen LogP contribution >= 0.6 is 0 Å². The first-order valence-corrected chi connectivity index (χ1v) is 9.86. The molecule has 1 atom stereocenters. The Hall–Kier alpha value is -2.21. The van der Waals surface area contributed by atoms with Crippen LogP contribution in [0, 0.1) is 20.8 Å². The van der Waals surface area contributed by atoms with Gasteiger partial charge in [0.25, 0.3) is 0 Å². The molecule has 0 aliphatic rings. The van der Waals surface area contributed by atoms with E-state index >= 15 is 0 Å². The summed E-state index contributed by atoms with van der Waals surface area (Å²) in [5, 5.41) is 12.8. The van der Waals surface area contributed by atoms with Gasteiger partial charge in [0.05, 0.1) is 0 Å². The first kappa shape index (κ1) is 21.1. The maximum absolute atomic E-state index is 9.36. The SMILES string of the molecule is CCCC[C@@H](CCO)Nc1nc(N)ncc1CCc1ncc(C)c(C)c1C. The number of aryl methyl sites for hydroxylation is 3. The van der Waals surface area contributed by atoms with Crippen LogP contribution < -0.4 is 11.1 Å². The third-order valence-electron chi connectivity index (χ3n) is 5.24. The maximum atomic E-state index is 9.36. The number of nitrogen functional groups attached to an aromatic ring is 1. The Morgan fingerprint density at radius 3 is 2.56 bits per heavy atom. The van der Waals surface area contributed by atoms with Gasteiger partial charge in [-0.1, -0.05) is 19.8 Å². The molecular weight excluding hydrogens is 338 g/mol. The molecule has 4 N–H and O–H groups in total. The molecule has 148 valence electrons. The second kappa shape index (κ2) is 10.2. The molecule has 0 saturated carbocycles. The third-order valence-corrected chi connectivity index (χ3v) is 5.24. The monoisotopic (exact) mass is 371 g/mol. The van der Waals surface area contributed by atoms with E-state index in [1.807, 2.05) is 6.20 Å². The van der Waals surface area contributed by atoms with Crippen molar-refractivity contribution in [1.29, 1.82) is 0 Å². The van der Waals surface area contributed by atoms with Crippen molar-refractivity contribution in [2.75, 3.05) is 17.7 Å². The number of aliphatic hydroxyl groups excluding tert-OH is 1. The Bertz CT molecular complexity index is 748. The fraction of sp³-hybridized carbons (Fsp3) is 0.571. The fourth-order valence-corrected chi connectivity index (χ4v) is 3.20. The van der Waals surface area contributed by atoms with Crippen molar-refractivity contribution in [1.82, 2.24) is 15.0 Å². The zero-order valence-corrected chi connectivity index (χ0v) is 17.0. The Morgan fingerprint density at radius 2 is 1.85 bits per heavy atom. The topological polar surface area (TPSA) is 97.0 Å². The zero-order chi connectivity index (χ0) is 19.8. The standard InChI is InChI=1S/C21H33N5O/c1-5-6-7-18(10-11-27)25-20-17(13-24-21(22)26-20)8-9-19-16(4)15(3)14(2)12-23-19/h12-13,18,27H,5-11H2,1-4H3,(H3,22,24,25,26)/t18-/m0/s1. The summed E-state index contributed by atoms with van der Waals surface area (Å²) < 4.78 is 0. The van der Waals surface area contributed by atoms with Gasteiger partial charge in [0, 0.05) is 36.3 Å². The van der Waals surface area contributed by atoms with Crippen molar-refractivity contribution in [3.63, 3.8) is 0 Å². The van der Waals surface area contributed by atoms with Crippen LogP contribution in [-0.2, 0) is 12.8 Å². The molecule has 0 aliphatic heterocycles. The highest BCUT2D eigenvalue weighted by atomic mass is 16.3. The van der Waals surface area contributed by atoms with Gasteiger partial charge in [-0.25, -0.2) is 4.98 Å². The predicted octanol–water partition coefficient (Wildman–Crippen LogP) is 3.52.